The summed E-state index contributed by atoms with van der Waals surface area (Å²) in [5.74, 6) is 0.950. The van der Waals surface area contributed by atoms with Crippen LogP contribution in [0, 0.1) is 0 Å². The number of hydrogen-bond donors (Lipinski definition) is 0. The Balaban J connectivity index is 2.00. The van der Waals surface area contributed by atoms with Crippen molar-refractivity contribution in [2.75, 3.05) is 21.3 Å². The number of halogens is 2. The van der Waals surface area contributed by atoms with Crippen LogP contribution in [0.5, 0.6) is 17.2 Å². The van der Waals surface area contributed by atoms with Gasteiger partial charge in [0.15, 0.2) is 17.2 Å². The number of hydrogen-bond acceptors (Lipinski definition) is 6. The van der Waals surface area contributed by atoms with Crippen molar-refractivity contribution in [3.05, 3.63) is 57.2 Å². The monoisotopic (exact) mass is 407 g/mol. The molecule has 0 aromatic heterocycles. The normalized spacial score (nSPS) is 14.8. The second kappa shape index (κ2) is 7.90. The molecule has 0 fully saturated rings. The number of carbonyl (C=O) groups is 1. The Hall–Kier alpha value is -2.70. The van der Waals surface area contributed by atoms with Crippen LogP contribution in [-0.2, 0) is 9.53 Å². The number of methoxy groups -OCH3 is 3. The summed E-state index contributed by atoms with van der Waals surface area (Å²) in [6, 6.07) is 8.26. The lowest BCUT2D eigenvalue weighted by Crippen LogP contribution is -2.05. The average molecular weight is 408 g/mol. The lowest BCUT2D eigenvalue weighted by Gasteiger charge is -2.12. The highest BCUT2D eigenvalue weighted by Gasteiger charge is 2.25. The van der Waals surface area contributed by atoms with Crippen LogP contribution in [0.4, 0.5) is 0 Å². The Morgan fingerprint density at radius 3 is 2.19 bits per heavy atom. The maximum absolute atomic E-state index is 12.2. The zero-order valence-electron chi connectivity index (χ0n) is 14.7. The van der Waals surface area contributed by atoms with Gasteiger partial charge in [0, 0.05) is 5.56 Å². The fourth-order valence-corrected chi connectivity index (χ4v) is 2.80. The topological polar surface area (TPSA) is 66.4 Å². The van der Waals surface area contributed by atoms with Gasteiger partial charge in [-0.2, -0.15) is 0 Å². The summed E-state index contributed by atoms with van der Waals surface area (Å²) >= 11 is 11.9. The van der Waals surface area contributed by atoms with Gasteiger partial charge in [0.05, 0.1) is 31.4 Å². The van der Waals surface area contributed by atoms with Crippen molar-refractivity contribution in [2.24, 2.45) is 4.99 Å². The minimum Gasteiger partial charge on any atom is -0.493 e. The Labute approximate surface area is 165 Å². The van der Waals surface area contributed by atoms with Gasteiger partial charge in [0.1, 0.15) is 0 Å². The van der Waals surface area contributed by atoms with Gasteiger partial charge in [0.2, 0.25) is 11.6 Å². The Morgan fingerprint density at radius 2 is 1.63 bits per heavy atom. The minimum atomic E-state index is -0.579. The first-order chi connectivity index (χ1) is 13.0. The molecule has 1 heterocycles. The first kappa shape index (κ1) is 19.1. The Kier molecular flexibility index (Phi) is 5.58. The van der Waals surface area contributed by atoms with Crippen molar-refractivity contribution in [2.45, 2.75) is 0 Å². The zero-order valence-corrected chi connectivity index (χ0v) is 16.2. The predicted molar refractivity (Wildman–Crippen MR) is 103 cm³/mol. The van der Waals surface area contributed by atoms with Gasteiger partial charge in [0.25, 0.3) is 0 Å². The fraction of sp³-hybridized carbons (Fsp3) is 0.158. The number of aliphatic imine (C=N–C) groups is 1. The minimum absolute atomic E-state index is 0.130. The molecule has 2 aromatic rings. The number of nitrogens with zero attached hydrogens (tertiary/aromatic N) is 1. The molecule has 1 aliphatic heterocycles. The summed E-state index contributed by atoms with van der Waals surface area (Å²) in [6.07, 6.45) is 1.57. The van der Waals surface area contributed by atoms with E-state index < -0.39 is 5.97 Å². The number of cyclic esters (lactones) is 1. The number of ether oxygens (including phenoxy) is 4. The number of rotatable bonds is 5. The molecule has 0 spiro atoms. The Morgan fingerprint density at radius 1 is 0.963 bits per heavy atom. The molecule has 2 aromatic carbocycles. The van der Waals surface area contributed by atoms with Crippen LogP contribution < -0.4 is 14.2 Å². The van der Waals surface area contributed by atoms with Gasteiger partial charge in [-0.15, -0.1) is 0 Å². The third kappa shape index (κ3) is 3.86. The van der Waals surface area contributed by atoms with E-state index in [0.717, 1.165) is 0 Å². The molecule has 140 valence electrons. The predicted octanol–water partition coefficient (Wildman–Crippen LogP) is 4.36. The van der Waals surface area contributed by atoms with E-state index in [9.17, 15) is 4.79 Å². The summed E-state index contributed by atoms with van der Waals surface area (Å²) in [6.45, 7) is 0. The van der Waals surface area contributed by atoms with E-state index in [4.69, 9.17) is 42.1 Å². The van der Waals surface area contributed by atoms with Crippen molar-refractivity contribution in [1.29, 1.82) is 0 Å². The fourth-order valence-electron chi connectivity index (χ4n) is 2.50. The molecule has 0 aliphatic carbocycles. The van der Waals surface area contributed by atoms with Crippen LogP contribution >= 0.6 is 23.2 Å². The van der Waals surface area contributed by atoms with E-state index in [1.54, 1.807) is 36.4 Å². The summed E-state index contributed by atoms with van der Waals surface area (Å²) in [5.41, 5.74) is 1.31. The molecule has 27 heavy (non-hydrogen) atoms. The summed E-state index contributed by atoms with van der Waals surface area (Å²) in [4.78, 5) is 16.4. The molecule has 3 rings (SSSR count). The number of esters is 1. The molecule has 0 unspecified atom stereocenters. The molecular weight excluding hydrogens is 393 g/mol. The van der Waals surface area contributed by atoms with Gasteiger partial charge in [-0.05, 0) is 42.0 Å². The second-order valence-electron chi connectivity index (χ2n) is 5.42. The zero-order chi connectivity index (χ0) is 19.6. The lowest BCUT2D eigenvalue weighted by atomic mass is 10.1. The summed E-state index contributed by atoms with van der Waals surface area (Å²) in [7, 11) is 4.54. The molecule has 8 heteroatoms. The van der Waals surface area contributed by atoms with Crippen molar-refractivity contribution in [1.82, 2.24) is 0 Å². The highest BCUT2D eigenvalue weighted by Crippen LogP contribution is 2.39. The molecule has 1 aliphatic rings. The van der Waals surface area contributed by atoms with Crippen molar-refractivity contribution < 1.29 is 23.7 Å². The van der Waals surface area contributed by atoms with E-state index in [0.29, 0.717) is 38.4 Å². The van der Waals surface area contributed by atoms with Crippen molar-refractivity contribution in [3.63, 3.8) is 0 Å². The van der Waals surface area contributed by atoms with E-state index in [-0.39, 0.29) is 11.6 Å². The summed E-state index contributed by atoms with van der Waals surface area (Å²) in [5, 5.41) is 0.744. The smallest absolute Gasteiger partial charge is 0.363 e. The van der Waals surface area contributed by atoms with Crippen LogP contribution in [0.3, 0.4) is 0 Å². The third-order valence-corrected chi connectivity index (χ3v) is 4.52. The van der Waals surface area contributed by atoms with Crippen molar-refractivity contribution >= 4 is 41.1 Å². The molecule has 0 bridgehead atoms. The van der Waals surface area contributed by atoms with Gasteiger partial charge < -0.3 is 18.9 Å². The maximum atomic E-state index is 12.2. The van der Waals surface area contributed by atoms with Crippen molar-refractivity contribution in [3.8, 4) is 17.2 Å². The molecule has 0 saturated carbocycles. The van der Waals surface area contributed by atoms with Gasteiger partial charge in [-0.25, -0.2) is 9.79 Å². The van der Waals surface area contributed by atoms with Crippen LogP contribution in [0.2, 0.25) is 10.0 Å². The molecule has 6 nitrogen and oxygen atoms in total. The molecule has 0 radical (unpaired) electrons. The highest BCUT2D eigenvalue weighted by molar-refractivity contribution is 6.42. The molecular formula is C19H15Cl2NO5. The summed E-state index contributed by atoms with van der Waals surface area (Å²) < 4.78 is 21.2. The van der Waals surface area contributed by atoms with Gasteiger partial charge in [-0.3, -0.25) is 0 Å². The largest absolute Gasteiger partial charge is 0.493 e. The number of carbonyl (C=O) groups excluding carboxylic acids is 1. The maximum Gasteiger partial charge on any atom is 0.363 e. The molecule has 0 amide bonds. The molecule has 0 atom stereocenters. The third-order valence-electron chi connectivity index (χ3n) is 3.78. The Bertz CT molecular complexity index is 944. The van der Waals surface area contributed by atoms with Gasteiger partial charge in [-0.1, -0.05) is 23.2 Å². The van der Waals surface area contributed by atoms with E-state index in [2.05, 4.69) is 4.99 Å². The molecule has 0 N–H and O–H groups in total. The van der Waals surface area contributed by atoms with Crippen LogP contribution in [-0.4, -0.2) is 33.2 Å². The SMILES string of the molecule is COc1cc(/C=C2/N=C(c3ccc(Cl)c(Cl)c3)OC2=O)cc(OC)c1OC. The van der Waals surface area contributed by atoms with E-state index in [1.807, 2.05) is 0 Å². The van der Waals surface area contributed by atoms with E-state index >= 15 is 0 Å². The first-order valence-corrected chi connectivity index (χ1v) is 8.50. The average Bonchev–Trinajstić information content (AvgIpc) is 3.03. The standard InChI is InChI=1S/C19H15Cl2NO5/c1-24-15-7-10(8-16(25-2)17(15)26-3)6-14-19(23)27-18(22-14)11-4-5-12(20)13(21)9-11/h4-9H,1-3H3/b14-6+. The number of benzene rings is 2. The van der Waals surface area contributed by atoms with Gasteiger partial charge >= 0.3 is 5.97 Å². The van der Waals surface area contributed by atoms with Crippen LogP contribution in [0.1, 0.15) is 11.1 Å². The quantitative estimate of drug-likeness (QED) is 0.543. The molecule has 0 saturated heterocycles. The highest BCUT2D eigenvalue weighted by atomic mass is 35.5. The van der Waals surface area contributed by atoms with Crippen LogP contribution in [0.15, 0.2) is 41.0 Å². The van der Waals surface area contributed by atoms with E-state index in [1.165, 1.54) is 21.3 Å². The first-order valence-electron chi connectivity index (χ1n) is 7.74. The lowest BCUT2D eigenvalue weighted by molar-refractivity contribution is -0.129. The second-order valence-corrected chi connectivity index (χ2v) is 6.24. The van der Waals surface area contributed by atoms with Crippen LogP contribution in [0.25, 0.3) is 6.08 Å².